The summed E-state index contributed by atoms with van der Waals surface area (Å²) < 4.78 is 8.86. The highest BCUT2D eigenvalue weighted by molar-refractivity contribution is 6.19. The summed E-state index contributed by atoms with van der Waals surface area (Å²) in [5, 5.41) is 7.57. The molecule has 2 heterocycles. The number of hydrogen-bond donors (Lipinski definition) is 0. The smallest absolute Gasteiger partial charge is 0.135 e. The van der Waals surface area contributed by atoms with Crippen LogP contribution in [0.4, 0.5) is 0 Å². The second-order valence-corrected chi connectivity index (χ2v) is 13.3. The van der Waals surface area contributed by atoms with E-state index in [1.54, 1.807) is 0 Å². The zero-order valence-corrected chi connectivity index (χ0v) is 25.0. The van der Waals surface area contributed by atoms with Crippen LogP contribution in [-0.2, 0) is 5.41 Å². The standard InChI is InChI=1S/C43H27NO/c1-43(2)35-22-39-33(20-31(35)32-21-34-27-13-6-8-17-40(27)45-41(34)23-36(32)43)26-12-5-7-16-37(26)44(39)38-19-18-29-25-11-4-3-10-24(25)28-14-9-15-30(38)42(28)29/h3-23H,1-2H3. The van der Waals surface area contributed by atoms with Gasteiger partial charge in [-0.25, -0.2) is 0 Å². The van der Waals surface area contributed by atoms with E-state index in [4.69, 9.17) is 4.42 Å². The highest BCUT2D eigenvalue weighted by Gasteiger charge is 2.37. The van der Waals surface area contributed by atoms with Gasteiger partial charge in [0.15, 0.2) is 0 Å². The van der Waals surface area contributed by atoms with Crippen molar-refractivity contribution in [2.24, 2.45) is 0 Å². The highest BCUT2D eigenvalue weighted by atomic mass is 16.3. The zero-order chi connectivity index (χ0) is 29.6. The minimum absolute atomic E-state index is 0.170. The van der Waals surface area contributed by atoms with Crippen molar-refractivity contribution in [3.63, 3.8) is 0 Å². The van der Waals surface area contributed by atoms with Crippen molar-refractivity contribution in [3.8, 4) is 39.1 Å². The molecule has 0 bridgehead atoms. The van der Waals surface area contributed by atoms with E-state index in [1.165, 1.54) is 93.5 Å². The summed E-state index contributed by atoms with van der Waals surface area (Å²) in [6, 6.07) is 47.2. The van der Waals surface area contributed by atoms with Gasteiger partial charge in [-0.1, -0.05) is 98.8 Å². The third-order valence-electron chi connectivity index (χ3n) is 10.7. The van der Waals surface area contributed by atoms with Crippen LogP contribution in [-0.4, -0.2) is 4.57 Å². The molecule has 2 aromatic heterocycles. The molecule has 45 heavy (non-hydrogen) atoms. The number of aromatic nitrogens is 1. The number of benzene rings is 7. The molecule has 0 amide bonds. The molecule has 2 heteroatoms. The molecule has 2 aliphatic carbocycles. The van der Waals surface area contributed by atoms with Gasteiger partial charge >= 0.3 is 0 Å². The average Bonchev–Trinajstić information content (AvgIpc) is 3.77. The van der Waals surface area contributed by atoms with Crippen molar-refractivity contribution in [1.82, 2.24) is 4.57 Å². The SMILES string of the molecule is CC1(C)c2cc3oc4ccccc4c3cc2-c2cc3c4ccccc4n(-c4ccc5c6c(cccc46)-c4ccccc4-5)c3cc21. The lowest BCUT2D eigenvalue weighted by Crippen LogP contribution is -2.15. The van der Waals surface area contributed by atoms with E-state index in [0.717, 1.165) is 11.2 Å². The van der Waals surface area contributed by atoms with Crippen LogP contribution in [0.5, 0.6) is 0 Å². The summed E-state index contributed by atoms with van der Waals surface area (Å²) in [5.41, 5.74) is 16.1. The molecule has 0 atom stereocenters. The van der Waals surface area contributed by atoms with Crippen molar-refractivity contribution in [3.05, 3.63) is 139 Å². The number of nitrogens with zero attached hydrogens (tertiary/aromatic N) is 1. The number of fused-ring (bicyclic) bond motifs is 12. The number of rotatable bonds is 1. The quantitative estimate of drug-likeness (QED) is 0.191. The Morgan fingerprint density at radius 2 is 1.09 bits per heavy atom. The van der Waals surface area contributed by atoms with Crippen LogP contribution in [0, 0.1) is 0 Å². The number of furan rings is 1. The molecule has 2 nitrogen and oxygen atoms in total. The molecular formula is C43H27NO. The summed E-state index contributed by atoms with van der Waals surface area (Å²) in [4.78, 5) is 0. The molecule has 0 radical (unpaired) electrons. The Bertz CT molecular complexity index is 2760. The van der Waals surface area contributed by atoms with E-state index in [9.17, 15) is 0 Å². The molecule has 210 valence electrons. The molecule has 0 saturated carbocycles. The molecule has 7 aromatic carbocycles. The fourth-order valence-electron chi connectivity index (χ4n) is 8.66. The predicted molar refractivity (Wildman–Crippen MR) is 188 cm³/mol. The molecule has 0 spiro atoms. The lowest BCUT2D eigenvalue weighted by Gasteiger charge is -2.22. The van der Waals surface area contributed by atoms with Crippen LogP contribution in [0.15, 0.2) is 132 Å². The Morgan fingerprint density at radius 3 is 1.93 bits per heavy atom. The van der Waals surface area contributed by atoms with Crippen molar-refractivity contribution in [2.75, 3.05) is 0 Å². The van der Waals surface area contributed by atoms with Gasteiger partial charge in [-0.2, -0.15) is 0 Å². The molecule has 11 rings (SSSR count). The Labute approximate surface area is 259 Å². The molecule has 0 aliphatic heterocycles. The van der Waals surface area contributed by atoms with Crippen molar-refractivity contribution >= 4 is 54.5 Å². The summed E-state index contributed by atoms with van der Waals surface area (Å²) in [6.07, 6.45) is 0. The van der Waals surface area contributed by atoms with E-state index < -0.39 is 0 Å². The topological polar surface area (TPSA) is 18.1 Å². The van der Waals surface area contributed by atoms with E-state index in [-0.39, 0.29) is 5.41 Å². The van der Waals surface area contributed by atoms with Gasteiger partial charge in [0.1, 0.15) is 11.2 Å². The van der Waals surface area contributed by atoms with Crippen LogP contribution in [0.3, 0.4) is 0 Å². The summed E-state index contributed by atoms with van der Waals surface area (Å²) in [6.45, 7) is 4.72. The lowest BCUT2D eigenvalue weighted by atomic mass is 9.82. The van der Waals surface area contributed by atoms with Gasteiger partial charge in [-0.05, 0) is 92.4 Å². The first-order chi connectivity index (χ1) is 22.1. The van der Waals surface area contributed by atoms with Gasteiger partial charge in [0.25, 0.3) is 0 Å². The molecule has 0 unspecified atom stereocenters. The Morgan fingerprint density at radius 1 is 0.444 bits per heavy atom. The molecule has 0 saturated heterocycles. The van der Waals surface area contributed by atoms with Gasteiger partial charge in [0.05, 0.1) is 16.7 Å². The summed E-state index contributed by atoms with van der Waals surface area (Å²) in [5.74, 6) is 0. The maximum Gasteiger partial charge on any atom is 0.135 e. The third kappa shape index (κ3) is 2.82. The second-order valence-electron chi connectivity index (χ2n) is 13.3. The van der Waals surface area contributed by atoms with E-state index in [0.29, 0.717) is 0 Å². The van der Waals surface area contributed by atoms with Gasteiger partial charge in [-0.3, -0.25) is 0 Å². The first-order valence-electron chi connectivity index (χ1n) is 15.8. The van der Waals surface area contributed by atoms with Crippen LogP contribution < -0.4 is 0 Å². The Kier molecular flexibility index (Phi) is 4.19. The summed E-state index contributed by atoms with van der Waals surface area (Å²) in [7, 11) is 0. The maximum atomic E-state index is 6.35. The first-order valence-corrected chi connectivity index (χ1v) is 15.8. The largest absolute Gasteiger partial charge is 0.456 e. The molecule has 0 fully saturated rings. The van der Waals surface area contributed by atoms with E-state index in [2.05, 4.69) is 140 Å². The fourth-order valence-corrected chi connectivity index (χ4v) is 8.66. The van der Waals surface area contributed by atoms with Gasteiger partial charge in [0.2, 0.25) is 0 Å². The molecule has 0 N–H and O–H groups in total. The zero-order valence-electron chi connectivity index (χ0n) is 25.0. The normalized spacial score (nSPS) is 14.2. The van der Waals surface area contributed by atoms with Gasteiger partial charge in [-0.15, -0.1) is 0 Å². The fraction of sp³-hybridized carbons (Fsp3) is 0.0698. The monoisotopic (exact) mass is 573 g/mol. The third-order valence-corrected chi connectivity index (χ3v) is 10.7. The van der Waals surface area contributed by atoms with Gasteiger partial charge in [0, 0.05) is 32.3 Å². The van der Waals surface area contributed by atoms with Crippen LogP contribution >= 0.6 is 0 Å². The first kappa shape index (κ1) is 23.8. The van der Waals surface area contributed by atoms with E-state index in [1.807, 2.05) is 6.07 Å². The van der Waals surface area contributed by atoms with Crippen LogP contribution in [0.2, 0.25) is 0 Å². The minimum Gasteiger partial charge on any atom is -0.456 e. The van der Waals surface area contributed by atoms with E-state index >= 15 is 0 Å². The Hall–Kier alpha value is -5.60. The van der Waals surface area contributed by atoms with Crippen LogP contribution in [0.1, 0.15) is 25.0 Å². The number of hydrogen-bond acceptors (Lipinski definition) is 1. The summed E-state index contributed by atoms with van der Waals surface area (Å²) >= 11 is 0. The number of para-hydroxylation sites is 2. The average molecular weight is 574 g/mol. The molecule has 2 aliphatic rings. The van der Waals surface area contributed by atoms with Gasteiger partial charge < -0.3 is 8.98 Å². The highest BCUT2D eigenvalue weighted by Crippen LogP contribution is 2.54. The molecule has 9 aromatic rings. The minimum atomic E-state index is -0.170. The maximum absolute atomic E-state index is 6.35. The van der Waals surface area contributed by atoms with Crippen molar-refractivity contribution in [1.29, 1.82) is 0 Å². The molecular weight excluding hydrogens is 546 g/mol. The second kappa shape index (κ2) is 7.91. The van der Waals surface area contributed by atoms with Crippen molar-refractivity contribution < 1.29 is 4.42 Å². The van der Waals surface area contributed by atoms with Crippen molar-refractivity contribution in [2.45, 2.75) is 19.3 Å². The lowest BCUT2D eigenvalue weighted by molar-refractivity contribution is 0.647. The Balaban J connectivity index is 1.23. The predicted octanol–water partition coefficient (Wildman–Crippen LogP) is 11.8. The van der Waals surface area contributed by atoms with Crippen LogP contribution in [0.25, 0.3) is 93.6 Å².